The first-order chi connectivity index (χ1) is 16.1. The van der Waals surface area contributed by atoms with Crippen molar-refractivity contribution in [3.05, 3.63) is 82.7 Å². The van der Waals surface area contributed by atoms with Gasteiger partial charge in [0.05, 0.1) is 38.1 Å². The van der Waals surface area contributed by atoms with E-state index < -0.39 is 0 Å². The molecule has 1 N–H and O–H groups in total. The third-order valence-corrected chi connectivity index (χ3v) is 5.73. The van der Waals surface area contributed by atoms with Crippen LogP contribution >= 0.6 is 11.8 Å². The number of hydrogen-bond acceptors (Lipinski definition) is 8. The number of methoxy groups -OCH3 is 2. The van der Waals surface area contributed by atoms with E-state index in [2.05, 4.69) is 10.2 Å². The minimum absolute atomic E-state index is 0.171. The van der Waals surface area contributed by atoms with E-state index in [-0.39, 0.29) is 18.2 Å². The molecule has 0 radical (unpaired) electrons. The molecule has 33 heavy (non-hydrogen) atoms. The zero-order valence-corrected chi connectivity index (χ0v) is 18.8. The van der Waals surface area contributed by atoms with E-state index >= 15 is 0 Å². The normalized spacial score (nSPS) is 16.3. The molecular formula is C24H21N3O5S. The topological polar surface area (TPSA) is 96.9 Å². The molecule has 4 rings (SSSR count). The SMILES string of the molecule is COc1ccc(/C=C2\S/C(=N\N=C\c3ccc(O)cc3)N(Cc3ccco3)C2=O)cc1OC. The highest BCUT2D eigenvalue weighted by atomic mass is 32.2. The van der Waals surface area contributed by atoms with Crippen molar-refractivity contribution in [3.63, 3.8) is 0 Å². The van der Waals surface area contributed by atoms with Gasteiger partial charge < -0.3 is 19.0 Å². The van der Waals surface area contributed by atoms with Gasteiger partial charge in [-0.15, -0.1) is 5.10 Å². The van der Waals surface area contributed by atoms with Crippen molar-refractivity contribution in [3.8, 4) is 17.2 Å². The fraction of sp³-hybridized carbons (Fsp3) is 0.125. The second-order valence-electron chi connectivity index (χ2n) is 6.91. The number of carbonyl (C=O) groups excluding carboxylic acids is 1. The van der Waals surface area contributed by atoms with Crippen LogP contribution in [0.5, 0.6) is 17.2 Å². The van der Waals surface area contributed by atoms with Crippen LogP contribution < -0.4 is 9.47 Å². The van der Waals surface area contributed by atoms with Crippen LogP contribution in [-0.2, 0) is 11.3 Å². The van der Waals surface area contributed by atoms with Gasteiger partial charge in [-0.2, -0.15) is 5.10 Å². The van der Waals surface area contributed by atoms with E-state index in [0.717, 1.165) is 11.1 Å². The fourth-order valence-electron chi connectivity index (χ4n) is 3.08. The zero-order chi connectivity index (χ0) is 23.2. The number of thioether (sulfide) groups is 1. The van der Waals surface area contributed by atoms with Crippen LogP contribution in [0.3, 0.4) is 0 Å². The number of rotatable bonds is 7. The molecule has 1 aromatic heterocycles. The van der Waals surface area contributed by atoms with Gasteiger partial charge in [-0.1, -0.05) is 6.07 Å². The molecule has 1 saturated heterocycles. The van der Waals surface area contributed by atoms with Gasteiger partial charge >= 0.3 is 0 Å². The second kappa shape index (κ2) is 10.1. The smallest absolute Gasteiger partial charge is 0.267 e. The number of phenols is 1. The molecule has 168 valence electrons. The van der Waals surface area contributed by atoms with Crippen molar-refractivity contribution in [2.45, 2.75) is 6.54 Å². The Morgan fingerprint density at radius 2 is 1.82 bits per heavy atom. The maximum atomic E-state index is 13.2. The van der Waals surface area contributed by atoms with Crippen LogP contribution in [0.2, 0.25) is 0 Å². The first-order valence-corrected chi connectivity index (χ1v) is 10.7. The minimum Gasteiger partial charge on any atom is -0.508 e. The van der Waals surface area contributed by atoms with Crippen LogP contribution in [0.1, 0.15) is 16.9 Å². The Morgan fingerprint density at radius 1 is 1.06 bits per heavy atom. The molecule has 1 aliphatic rings. The molecule has 1 fully saturated rings. The van der Waals surface area contributed by atoms with Crippen LogP contribution in [-0.4, -0.2) is 41.5 Å². The van der Waals surface area contributed by atoms with Crippen LogP contribution in [0.25, 0.3) is 6.08 Å². The molecule has 9 heteroatoms. The van der Waals surface area contributed by atoms with Gasteiger partial charge in [-0.25, -0.2) is 0 Å². The zero-order valence-electron chi connectivity index (χ0n) is 18.0. The van der Waals surface area contributed by atoms with Crippen LogP contribution in [0.4, 0.5) is 0 Å². The largest absolute Gasteiger partial charge is 0.508 e. The molecule has 3 aromatic rings. The standard InChI is InChI=1S/C24H21N3O5S/c1-30-20-10-7-17(12-21(20)31-2)13-22-23(29)27(15-19-4-3-11-32-19)24(33-22)26-25-14-16-5-8-18(28)9-6-16/h3-14,28H,15H2,1-2H3/b22-13-,25-14+,26-24-. The predicted octanol–water partition coefficient (Wildman–Crippen LogP) is 4.51. The summed E-state index contributed by atoms with van der Waals surface area (Å²) in [6.45, 7) is 0.232. The van der Waals surface area contributed by atoms with Crippen LogP contribution in [0.15, 0.2) is 80.4 Å². The first kappa shape index (κ1) is 22.2. The lowest BCUT2D eigenvalue weighted by molar-refractivity contribution is -0.122. The maximum Gasteiger partial charge on any atom is 0.267 e. The van der Waals surface area contributed by atoms with Gasteiger partial charge in [-0.05, 0) is 77.5 Å². The highest BCUT2D eigenvalue weighted by Crippen LogP contribution is 2.35. The van der Waals surface area contributed by atoms with Crippen molar-refractivity contribution >= 4 is 35.1 Å². The summed E-state index contributed by atoms with van der Waals surface area (Å²) >= 11 is 1.22. The average Bonchev–Trinajstić information content (AvgIpc) is 3.44. The molecule has 0 spiro atoms. The van der Waals surface area contributed by atoms with Crippen molar-refractivity contribution in [1.82, 2.24) is 4.90 Å². The number of nitrogens with zero attached hydrogens (tertiary/aromatic N) is 3. The third-order valence-electron chi connectivity index (χ3n) is 4.73. The molecule has 2 aromatic carbocycles. The fourth-order valence-corrected chi connectivity index (χ4v) is 4.01. The van der Waals surface area contributed by atoms with Gasteiger partial charge in [-0.3, -0.25) is 9.69 Å². The number of amidine groups is 1. The van der Waals surface area contributed by atoms with Gasteiger partial charge in [0.2, 0.25) is 0 Å². The number of phenolic OH excluding ortho intramolecular Hbond substituents is 1. The van der Waals surface area contributed by atoms with Crippen molar-refractivity contribution in [2.24, 2.45) is 10.2 Å². The Kier molecular flexibility index (Phi) is 6.80. The van der Waals surface area contributed by atoms with E-state index in [1.807, 2.05) is 6.07 Å². The summed E-state index contributed by atoms with van der Waals surface area (Å²) in [7, 11) is 3.13. The number of aromatic hydroxyl groups is 1. The van der Waals surface area contributed by atoms with Crippen LogP contribution in [0, 0.1) is 0 Å². The van der Waals surface area contributed by atoms with Crippen molar-refractivity contribution in [1.29, 1.82) is 0 Å². The molecule has 0 bridgehead atoms. The summed E-state index contributed by atoms with van der Waals surface area (Å²) in [5, 5.41) is 18.2. The number of carbonyl (C=O) groups is 1. The summed E-state index contributed by atoms with van der Waals surface area (Å²) < 4.78 is 16.0. The lowest BCUT2D eigenvalue weighted by Crippen LogP contribution is -2.28. The second-order valence-corrected chi connectivity index (χ2v) is 7.92. The summed E-state index contributed by atoms with van der Waals surface area (Å²) in [5.41, 5.74) is 1.56. The van der Waals surface area contributed by atoms with Gasteiger partial charge in [0, 0.05) is 0 Å². The van der Waals surface area contributed by atoms with E-state index in [4.69, 9.17) is 13.9 Å². The summed E-state index contributed by atoms with van der Waals surface area (Å²) in [5.74, 6) is 1.78. The number of ether oxygens (including phenoxy) is 2. The van der Waals surface area contributed by atoms with E-state index in [1.165, 1.54) is 16.7 Å². The molecule has 1 amide bonds. The number of amides is 1. The number of furan rings is 1. The molecule has 1 aliphatic heterocycles. The molecule has 0 saturated carbocycles. The van der Waals surface area contributed by atoms with E-state index in [0.29, 0.717) is 27.3 Å². The van der Waals surface area contributed by atoms with Crippen molar-refractivity contribution in [2.75, 3.05) is 14.2 Å². The Labute approximate surface area is 194 Å². The average molecular weight is 464 g/mol. The van der Waals surface area contributed by atoms with E-state index in [1.54, 1.807) is 81.3 Å². The summed E-state index contributed by atoms with van der Waals surface area (Å²) in [4.78, 5) is 15.2. The van der Waals surface area contributed by atoms with Gasteiger partial charge in [0.1, 0.15) is 11.5 Å². The maximum absolute atomic E-state index is 13.2. The number of benzene rings is 2. The Balaban J connectivity index is 1.62. The Morgan fingerprint density at radius 3 is 2.52 bits per heavy atom. The highest BCUT2D eigenvalue weighted by Gasteiger charge is 2.34. The monoisotopic (exact) mass is 463 g/mol. The number of hydrogen-bond donors (Lipinski definition) is 1. The van der Waals surface area contributed by atoms with Gasteiger partial charge in [0.15, 0.2) is 16.7 Å². The lowest BCUT2D eigenvalue weighted by atomic mass is 10.2. The minimum atomic E-state index is -0.204. The molecule has 0 atom stereocenters. The Hall–Kier alpha value is -3.98. The van der Waals surface area contributed by atoms with Gasteiger partial charge in [0.25, 0.3) is 5.91 Å². The lowest BCUT2D eigenvalue weighted by Gasteiger charge is -2.12. The molecular weight excluding hydrogens is 442 g/mol. The first-order valence-electron chi connectivity index (χ1n) is 9.93. The molecule has 8 nitrogen and oxygen atoms in total. The summed E-state index contributed by atoms with van der Waals surface area (Å²) in [6.07, 6.45) is 4.89. The molecule has 0 unspecified atom stereocenters. The predicted molar refractivity (Wildman–Crippen MR) is 128 cm³/mol. The quantitative estimate of drug-likeness (QED) is 0.315. The summed E-state index contributed by atoms with van der Waals surface area (Å²) in [6, 6.07) is 15.6. The third kappa shape index (κ3) is 5.27. The highest BCUT2D eigenvalue weighted by molar-refractivity contribution is 8.18. The van der Waals surface area contributed by atoms with E-state index in [9.17, 15) is 9.90 Å². The Bertz CT molecular complexity index is 1220. The van der Waals surface area contributed by atoms with Crippen molar-refractivity contribution < 1.29 is 23.8 Å². The molecule has 0 aliphatic carbocycles. The molecule has 2 heterocycles.